The minimum Gasteiger partial charge on any atom is -0.481 e. The smallest absolute Gasteiger partial charge is 0.304 e. The maximum atomic E-state index is 12.0. The van der Waals surface area contributed by atoms with Gasteiger partial charge >= 0.3 is 5.97 Å². The van der Waals surface area contributed by atoms with E-state index in [1.807, 2.05) is 6.26 Å². The van der Waals surface area contributed by atoms with Crippen molar-refractivity contribution in [3.05, 3.63) is 0 Å². The normalized spacial score (nSPS) is 18.9. The van der Waals surface area contributed by atoms with E-state index in [0.717, 1.165) is 30.0 Å². The molecule has 0 atom stereocenters. The van der Waals surface area contributed by atoms with Crippen LogP contribution >= 0.6 is 11.8 Å². The van der Waals surface area contributed by atoms with Crippen LogP contribution in [0.2, 0.25) is 0 Å². The third-order valence-electron chi connectivity index (χ3n) is 3.58. The third-order valence-corrected chi connectivity index (χ3v) is 6.51. The lowest BCUT2D eigenvalue weighted by Crippen LogP contribution is -2.45. The average molecular weight is 310 g/mol. The van der Waals surface area contributed by atoms with Gasteiger partial charge in [-0.1, -0.05) is 12.8 Å². The summed E-state index contributed by atoms with van der Waals surface area (Å²) in [6.07, 6.45) is 6.14. The second-order valence-corrected chi connectivity index (χ2v) is 8.02. The Labute approximate surface area is 119 Å². The molecule has 0 amide bonds. The van der Waals surface area contributed by atoms with E-state index in [-0.39, 0.29) is 17.7 Å². The van der Waals surface area contributed by atoms with Crippen molar-refractivity contribution in [3.8, 4) is 0 Å². The molecule has 8 heteroatoms. The predicted octanol–water partition coefficient (Wildman–Crippen LogP) is 0.903. The summed E-state index contributed by atoms with van der Waals surface area (Å²) in [5.74, 6) is -1.00. The molecule has 1 aliphatic rings. The molecule has 0 aromatic heterocycles. The minimum atomic E-state index is -3.58. The van der Waals surface area contributed by atoms with E-state index in [2.05, 4.69) is 4.72 Å². The Balaban J connectivity index is 2.52. The van der Waals surface area contributed by atoms with Crippen LogP contribution in [-0.4, -0.2) is 54.9 Å². The van der Waals surface area contributed by atoms with E-state index < -0.39 is 16.2 Å². The van der Waals surface area contributed by atoms with Gasteiger partial charge in [0, 0.05) is 24.9 Å². The highest BCUT2D eigenvalue weighted by molar-refractivity contribution is 8.00. The largest absolute Gasteiger partial charge is 0.481 e. The van der Waals surface area contributed by atoms with Crippen LogP contribution in [0.25, 0.3) is 0 Å². The zero-order valence-corrected chi connectivity index (χ0v) is 13.0. The topological polar surface area (TPSA) is 86.7 Å². The molecule has 0 spiro atoms. The Morgan fingerprint density at radius 2 is 2.00 bits per heavy atom. The van der Waals surface area contributed by atoms with E-state index in [4.69, 9.17) is 5.11 Å². The van der Waals surface area contributed by atoms with Crippen LogP contribution in [0, 0.1) is 0 Å². The second-order valence-electron chi connectivity index (χ2n) is 4.89. The number of carboxylic acids is 1. The predicted molar refractivity (Wildman–Crippen MR) is 76.5 cm³/mol. The summed E-state index contributed by atoms with van der Waals surface area (Å²) in [6.45, 7) is 0.394. The van der Waals surface area contributed by atoms with Crippen LogP contribution in [0.1, 0.15) is 32.1 Å². The number of nitrogens with one attached hydrogen (secondary N) is 1. The van der Waals surface area contributed by atoms with Crippen molar-refractivity contribution >= 4 is 27.9 Å². The number of hydrogen-bond donors (Lipinski definition) is 2. The molecule has 0 saturated heterocycles. The number of hydrogen-bond acceptors (Lipinski definition) is 4. The summed E-state index contributed by atoms with van der Waals surface area (Å²) in [5.41, 5.74) is 0. The fourth-order valence-electron chi connectivity index (χ4n) is 2.18. The monoisotopic (exact) mass is 310 g/mol. The van der Waals surface area contributed by atoms with Gasteiger partial charge in [0.15, 0.2) is 0 Å². The van der Waals surface area contributed by atoms with Crippen molar-refractivity contribution in [1.29, 1.82) is 0 Å². The molecule has 19 heavy (non-hydrogen) atoms. The van der Waals surface area contributed by atoms with Crippen LogP contribution in [0.4, 0.5) is 0 Å². The SMILES string of the molecule is CSC1(CNS(=O)(=O)N(C)CCC(=O)O)CCCC1. The molecule has 1 saturated carbocycles. The van der Waals surface area contributed by atoms with Crippen molar-refractivity contribution in [1.82, 2.24) is 9.03 Å². The number of nitrogens with zero attached hydrogens (tertiary/aromatic N) is 1. The Bertz CT molecular complexity index is 405. The second kappa shape index (κ2) is 6.92. The maximum absolute atomic E-state index is 12.0. The van der Waals surface area contributed by atoms with Crippen molar-refractivity contribution in [2.75, 3.05) is 26.4 Å². The van der Waals surface area contributed by atoms with Crippen molar-refractivity contribution in [2.24, 2.45) is 0 Å². The van der Waals surface area contributed by atoms with E-state index in [1.54, 1.807) is 11.8 Å². The molecule has 0 radical (unpaired) electrons. The summed E-state index contributed by atoms with van der Waals surface area (Å²) in [5, 5.41) is 8.56. The lowest BCUT2D eigenvalue weighted by Gasteiger charge is -2.28. The van der Waals surface area contributed by atoms with Gasteiger partial charge < -0.3 is 5.11 Å². The Kier molecular flexibility index (Phi) is 6.10. The van der Waals surface area contributed by atoms with E-state index >= 15 is 0 Å². The molecule has 112 valence electrons. The first kappa shape index (κ1) is 16.7. The lowest BCUT2D eigenvalue weighted by atomic mass is 10.1. The van der Waals surface area contributed by atoms with Gasteiger partial charge in [0.25, 0.3) is 10.2 Å². The number of carbonyl (C=O) groups is 1. The summed E-state index contributed by atoms with van der Waals surface area (Å²) in [7, 11) is -2.19. The fraction of sp³-hybridized carbons (Fsp3) is 0.909. The van der Waals surface area contributed by atoms with Gasteiger partial charge in [-0.2, -0.15) is 24.5 Å². The highest BCUT2D eigenvalue weighted by atomic mass is 32.2. The third kappa shape index (κ3) is 4.94. The molecular weight excluding hydrogens is 288 g/mol. The molecule has 0 aromatic carbocycles. The van der Waals surface area contributed by atoms with Gasteiger partial charge in [-0.05, 0) is 19.1 Å². The number of thioether (sulfide) groups is 1. The van der Waals surface area contributed by atoms with Gasteiger partial charge in [0.1, 0.15) is 0 Å². The van der Waals surface area contributed by atoms with Crippen molar-refractivity contribution in [3.63, 3.8) is 0 Å². The lowest BCUT2D eigenvalue weighted by molar-refractivity contribution is -0.137. The molecule has 1 rings (SSSR count). The number of rotatable bonds is 8. The quantitative estimate of drug-likeness (QED) is 0.696. The first-order chi connectivity index (χ1) is 8.81. The summed E-state index contributed by atoms with van der Waals surface area (Å²) < 4.78 is 27.6. The highest BCUT2D eigenvalue weighted by Crippen LogP contribution is 2.39. The van der Waals surface area contributed by atoms with Gasteiger partial charge in [0.05, 0.1) is 6.42 Å². The van der Waals surface area contributed by atoms with Crippen LogP contribution in [0.15, 0.2) is 0 Å². The van der Waals surface area contributed by atoms with Gasteiger partial charge in [-0.3, -0.25) is 4.79 Å². The molecule has 0 bridgehead atoms. The van der Waals surface area contributed by atoms with Gasteiger partial charge in [0.2, 0.25) is 0 Å². The van der Waals surface area contributed by atoms with Crippen LogP contribution in [0.3, 0.4) is 0 Å². The van der Waals surface area contributed by atoms with Crippen LogP contribution in [0.5, 0.6) is 0 Å². The molecule has 2 N–H and O–H groups in total. The zero-order valence-electron chi connectivity index (χ0n) is 11.4. The van der Waals surface area contributed by atoms with Gasteiger partial charge in [-0.25, -0.2) is 4.72 Å². The Morgan fingerprint density at radius 3 is 2.47 bits per heavy atom. The molecule has 0 aliphatic heterocycles. The molecule has 1 fully saturated rings. The van der Waals surface area contributed by atoms with Crippen molar-refractivity contribution in [2.45, 2.75) is 36.9 Å². The van der Waals surface area contributed by atoms with Crippen LogP contribution < -0.4 is 4.72 Å². The van der Waals surface area contributed by atoms with Crippen molar-refractivity contribution < 1.29 is 18.3 Å². The van der Waals surface area contributed by atoms with Gasteiger partial charge in [-0.15, -0.1) is 0 Å². The van der Waals surface area contributed by atoms with E-state index in [9.17, 15) is 13.2 Å². The van der Waals surface area contributed by atoms with E-state index in [1.165, 1.54) is 7.05 Å². The Morgan fingerprint density at radius 1 is 1.42 bits per heavy atom. The molecule has 0 aromatic rings. The molecule has 0 heterocycles. The standard InChI is InChI=1S/C11H22N2O4S2/c1-13(8-5-10(14)15)19(16,17)12-9-11(18-2)6-3-4-7-11/h12H,3-9H2,1-2H3,(H,14,15). The summed E-state index contributed by atoms with van der Waals surface area (Å²) in [6, 6.07) is 0. The number of carboxylic acid groups (broad SMARTS) is 1. The molecular formula is C11H22N2O4S2. The number of aliphatic carboxylic acids is 1. The van der Waals surface area contributed by atoms with E-state index in [0.29, 0.717) is 6.54 Å². The Hall–Kier alpha value is -0.310. The summed E-state index contributed by atoms with van der Waals surface area (Å²) >= 11 is 1.71. The van der Waals surface area contributed by atoms with Crippen LogP contribution in [-0.2, 0) is 15.0 Å². The highest BCUT2D eigenvalue weighted by Gasteiger charge is 2.34. The maximum Gasteiger partial charge on any atom is 0.304 e. The molecule has 1 aliphatic carbocycles. The molecule has 6 nitrogen and oxygen atoms in total. The average Bonchev–Trinajstić information content (AvgIpc) is 2.83. The minimum absolute atomic E-state index is 0.000702. The summed E-state index contributed by atoms with van der Waals surface area (Å²) in [4.78, 5) is 10.4. The molecule has 0 unspecified atom stereocenters. The zero-order chi connectivity index (χ0) is 14.5. The first-order valence-corrected chi connectivity index (χ1v) is 8.96. The first-order valence-electron chi connectivity index (χ1n) is 6.29. The fourth-order valence-corrected chi connectivity index (χ4v) is 4.19.